The molecule has 0 saturated heterocycles. The molecule has 1 aliphatic rings. The summed E-state index contributed by atoms with van der Waals surface area (Å²) in [5.74, 6) is -2.73. The maximum atomic E-state index is 14.1. The Balaban J connectivity index is 1.84. The zero-order valence-electron chi connectivity index (χ0n) is 13.4. The minimum atomic E-state index is -0.969. The third-order valence-corrected chi connectivity index (χ3v) is 4.32. The van der Waals surface area contributed by atoms with Crippen LogP contribution in [0, 0.1) is 11.7 Å². The molecule has 0 radical (unpaired) electrons. The number of hydrogen-bond donors (Lipinski definition) is 1. The second kappa shape index (κ2) is 6.79. The van der Waals surface area contributed by atoms with Crippen LogP contribution in [0.2, 0.25) is 5.02 Å². The van der Waals surface area contributed by atoms with E-state index >= 15 is 0 Å². The van der Waals surface area contributed by atoms with Gasteiger partial charge >= 0.3 is 5.97 Å². The van der Waals surface area contributed by atoms with Gasteiger partial charge in [0.15, 0.2) is 11.5 Å². The molecular formula is C16H16ClFN4O3. The Hall–Kier alpha value is -2.48. The van der Waals surface area contributed by atoms with Crippen LogP contribution in [0.3, 0.4) is 0 Å². The highest BCUT2D eigenvalue weighted by Crippen LogP contribution is 2.29. The molecule has 0 bridgehead atoms. The molecule has 1 unspecified atom stereocenters. The standard InChI is InChI=1S/C16H16ClFN4O3/c1-9(16(24)25)7-21(10-5-6-10)15(23)12-8-22(20-19-12)13-4-2-3-11(17)14(13)18/h2-4,8-10H,5-7H2,1H3,(H,24,25). The van der Waals surface area contributed by atoms with E-state index in [4.69, 9.17) is 16.7 Å². The molecule has 1 aromatic carbocycles. The molecule has 7 nitrogen and oxygen atoms in total. The lowest BCUT2D eigenvalue weighted by molar-refractivity contribution is -0.141. The number of halogens is 2. The van der Waals surface area contributed by atoms with E-state index in [1.54, 1.807) is 13.0 Å². The highest BCUT2D eigenvalue weighted by molar-refractivity contribution is 6.30. The lowest BCUT2D eigenvalue weighted by atomic mass is 10.1. The minimum absolute atomic E-state index is 0.0161. The monoisotopic (exact) mass is 366 g/mol. The van der Waals surface area contributed by atoms with E-state index in [9.17, 15) is 14.0 Å². The predicted octanol–water partition coefficient (Wildman–Crippen LogP) is 2.39. The molecule has 132 valence electrons. The van der Waals surface area contributed by atoms with Crippen LogP contribution in [0.4, 0.5) is 4.39 Å². The number of nitrogens with zero attached hydrogens (tertiary/aromatic N) is 4. The molecule has 1 amide bonds. The van der Waals surface area contributed by atoms with Gasteiger partial charge in [-0.15, -0.1) is 5.10 Å². The van der Waals surface area contributed by atoms with Crippen molar-refractivity contribution in [3.8, 4) is 5.69 Å². The number of benzene rings is 1. The molecular weight excluding hydrogens is 351 g/mol. The Labute approximate surface area is 148 Å². The number of carbonyl (C=O) groups excluding carboxylic acids is 1. The van der Waals surface area contributed by atoms with Gasteiger partial charge in [-0.05, 0) is 25.0 Å². The third-order valence-electron chi connectivity index (χ3n) is 4.03. The van der Waals surface area contributed by atoms with Crippen molar-refractivity contribution in [2.24, 2.45) is 5.92 Å². The largest absolute Gasteiger partial charge is 0.481 e. The van der Waals surface area contributed by atoms with Gasteiger partial charge in [-0.25, -0.2) is 9.07 Å². The molecule has 9 heteroatoms. The molecule has 2 aromatic rings. The summed E-state index contributed by atoms with van der Waals surface area (Å²) < 4.78 is 15.2. The van der Waals surface area contributed by atoms with Crippen molar-refractivity contribution in [3.63, 3.8) is 0 Å². The number of aromatic nitrogens is 3. The van der Waals surface area contributed by atoms with Crippen LogP contribution in [0.1, 0.15) is 30.3 Å². The number of aliphatic carboxylic acids is 1. The summed E-state index contributed by atoms with van der Waals surface area (Å²) in [4.78, 5) is 25.3. The lowest BCUT2D eigenvalue weighted by Gasteiger charge is -2.23. The van der Waals surface area contributed by atoms with Crippen molar-refractivity contribution in [3.05, 3.63) is 40.9 Å². The van der Waals surface area contributed by atoms with Gasteiger partial charge in [-0.3, -0.25) is 9.59 Å². The fraction of sp³-hybridized carbons (Fsp3) is 0.375. The predicted molar refractivity (Wildman–Crippen MR) is 87.2 cm³/mol. The summed E-state index contributed by atoms with van der Waals surface area (Å²) in [5.41, 5.74) is 0.111. The topological polar surface area (TPSA) is 88.3 Å². The third kappa shape index (κ3) is 3.63. The number of carboxylic acids is 1. The van der Waals surface area contributed by atoms with Gasteiger partial charge in [-0.1, -0.05) is 29.8 Å². The fourth-order valence-corrected chi connectivity index (χ4v) is 2.62. The van der Waals surface area contributed by atoms with Gasteiger partial charge in [0.05, 0.1) is 17.1 Å². The number of rotatable bonds is 6. The number of carboxylic acid groups (broad SMARTS) is 1. The van der Waals surface area contributed by atoms with Crippen molar-refractivity contribution in [2.75, 3.05) is 6.54 Å². The highest BCUT2D eigenvalue weighted by Gasteiger charge is 2.36. The molecule has 3 rings (SSSR count). The van der Waals surface area contributed by atoms with Gasteiger partial charge in [-0.2, -0.15) is 0 Å². The van der Waals surface area contributed by atoms with Crippen molar-refractivity contribution in [1.29, 1.82) is 0 Å². The first-order valence-corrected chi connectivity index (χ1v) is 8.16. The summed E-state index contributed by atoms with van der Waals surface area (Å²) in [5, 5.41) is 16.6. The molecule has 1 fully saturated rings. The van der Waals surface area contributed by atoms with Crippen LogP contribution in [-0.4, -0.2) is 49.5 Å². The maximum absolute atomic E-state index is 14.1. The van der Waals surface area contributed by atoms with Gasteiger partial charge in [0.25, 0.3) is 5.91 Å². The van der Waals surface area contributed by atoms with E-state index < -0.39 is 23.6 Å². The first kappa shape index (κ1) is 17.3. The lowest BCUT2D eigenvalue weighted by Crippen LogP contribution is -2.38. The molecule has 1 atom stereocenters. The van der Waals surface area contributed by atoms with E-state index in [0.29, 0.717) is 0 Å². The number of hydrogen-bond acceptors (Lipinski definition) is 4. The van der Waals surface area contributed by atoms with Crippen LogP contribution in [0.5, 0.6) is 0 Å². The summed E-state index contributed by atoms with van der Waals surface area (Å²) in [6.45, 7) is 1.64. The average Bonchev–Trinajstić information content (AvgIpc) is 3.30. The summed E-state index contributed by atoms with van der Waals surface area (Å²) in [6.07, 6.45) is 2.97. The Bertz CT molecular complexity index is 821. The van der Waals surface area contributed by atoms with E-state index in [1.807, 2.05) is 0 Å². The van der Waals surface area contributed by atoms with Crippen LogP contribution in [-0.2, 0) is 4.79 Å². The Kier molecular flexibility index (Phi) is 4.71. The second-order valence-electron chi connectivity index (χ2n) is 6.05. The van der Waals surface area contributed by atoms with Crippen LogP contribution in [0.25, 0.3) is 5.69 Å². The quantitative estimate of drug-likeness (QED) is 0.848. The fourth-order valence-electron chi connectivity index (χ4n) is 2.45. The summed E-state index contributed by atoms with van der Waals surface area (Å²) >= 11 is 5.75. The first-order chi connectivity index (χ1) is 11.9. The molecule has 1 heterocycles. The molecule has 1 saturated carbocycles. The smallest absolute Gasteiger partial charge is 0.308 e. The second-order valence-corrected chi connectivity index (χ2v) is 6.46. The normalized spacial score (nSPS) is 15.0. The zero-order chi connectivity index (χ0) is 18.1. The molecule has 1 aromatic heterocycles. The average molecular weight is 367 g/mol. The van der Waals surface area contributed by atoms with Gasteiger partial charge in [0.2, 0.25) is 0 Å². The Morgan fingerprint density at radius 2 is 2.20 bits per heavy atom. The summed E-state index contributed by atoms with van der Waals surface area (Å²) in [6, 6.07) is 4.46. The van der Waals surface area contributed by atoms with Crippen molar-refractivity contribution >= 4 is 23.5 Å². The van der Waals surface area contributed by atoms with Crippen molar-refractivity contribution < 1.29 is 19.1 Å². The molecule has 0 spiro atoms. The SMILES string of the molecule is CC(CN(C(=O)c1cn(-c2cccc(Cl)c2F)nn1)C1CC1)C(=O)O. The van der Waals surface area contributed by atoms with Crippen molar-refractivity contribution in [1.82, 2.24) is 19.9 Å². The highest BCUT2D eigenvalue weighted by atomic mass is 35.5. The molecule has 1 aliphatic carbocycles. The number of carbonyl (C=O) groups is 2. The van der Waals surface area contributed by atoms with Gasteiger partial charge < -0.3 is 10.0 Å². The van der Waals surface area contributed by atoms with Gasteiger partial charge in [0.1, 0.15) is 5.69 Å². The van der Waals surface area contributed by atoms with Crippen molar-refractivity contribution in [2.45, 2.75) is 25.8 Å². The van der Waals surface area contributed by atoms with Crippen LogP contribution < -0.4 is 0 Å². The van der Waals surface area contributed by atoms with E-state index in [-0.39, 0.29) is 29.0 Å². The zero-order valence-corrected chi connectivity index (χ0v) is 14.1. The Morgan fingerprint density at radius 3 is 2.84 bits per heavy atom. The summed E-state index contributed by atoms with van der Waals surface area (Å²) in [7, 11) is 0. The molecule has 25 heavy (non-hydrogen) atoms. The first-order valence-electron chi connectivity index (χ1n) is 7.79. The van der Waals surface area contributed by atoms with E-state index in [2.05, 4.69) is 10.3 Å². The Morgan fingerprint density at radius 1 is 1.48 bits per heavy atom. The molecule has 0 aliphatic heterocycles. The number of amides is 1. The molecule has 1 N–H and O–H groups in total. The maximum Gasteiger partial charge on any atom is 0.308 e. The van der Waals surface area contributed by atoms with Crippen LogP contribution >= 0.6 is 11.6 Å². The van der Waals surface area contributed by atoms with Crippen LogP contribution in [0.15, 0.2) is 24.4 Å². The minimum Gasteiger partial charge on any atom is -0.481 e. The van der Waals surface area contributed by atoms with E-state index in [1.165, 1.54) is 23.2 Å². The van der Waals surface area contributed by atoms with Gasteiger partial charge in [0, 0.05) is 12.6 Å². The van der Waals surface area contributed by atoms with E-state index in [0.717, 1.165) is 17.5 Å².